The molecule has 0 spiro atoms. The molecule has 0 amide bonds. The van der Waals surface area contributed by atoms with E-state index in [-0.39, 0.29) is 25.7 Å². The van der Waals surface area contributed by atoms with Crippen molar-refractivity contribution in [1.82, 2.24) is 0 Å². The zero-order valence-corrected chi connectivity index (χ0v) is 58.3. The molecule has 0 aliphatic heterocycles. The van der Waals surface area contributed by atoms with Crippen LogP contribution in [0.4, 0.5) is 0 Å². The molecule has 0 bridgehead atoms. The molecule has 5 atom stereocenters. The largest absolute Gasteiger partial charge is 0.472 e. The summed E-state index contributed by atoms with van der Waals surface area (Å²) in [6, 6.07) is 0. The van der Waals surface area contributed by atoms with Gasteiger partial charge < -0.3 is 33.8 Å². The molecule has 87 heavy (non-hydrogen) atoms. The molecule has 0 rings (SSSR count). The van der Waals surface area contributed by atoms with E-state index in [0.717, 1.165) is 108 Å². The number of rotatable bonds is 66. The highest BCUT2D eigenvalue weighted by Crippen LogP contribution is 2.45. The molecular formula is C68H132O17P2. The van der Waals surface area contributed by atoms with Gasteiger partial charge in [-0.3, -0.25) is 37.3 Å². The third kappa shape index (κ3) is 62.6. The fourth-order valence-corrected chi connectivity index (χ4v) is 11.8. The maximum absolute atomic E-state index is 13.0. The normalized spacial score (nSPS) is 14.3. The molecule has 2 unspecified atom stereocenters. The van der Waals surface area contributed by atoms with Gasteiger partial charge in [0, 0.05) is 25.7 Å². The van der Waals surface area contributed by atoms with Crippen LogP contribution in [-0.2, 0) is 65.4 Å². The number of hydrogen-bond acceptors (Lipinski definition) is 15. The number of phosphoric ester groups is 2. The summed E-state index contributed by atoms with van der Waals surface area (Å²) < 4.78 is 68.1. The Kier molecular flexibility index (Phi) is 57.8. The van der Waals surface area contributed by atoms with Gasteiger partial charge in [0.15, 0.2) is 12.2 Å². The smallest absolute Gasteiger partial charge is 0.462 e. The molecule has 0 aliphatic rings. The first-order valence-corrected chi connectivity index (χ1v) is 38.3. The van der Waals surface area contributed by atoms with Crippen LogP contribution < -0.4 is 0 Å². The minimum absolute atomic E-state index is 0.102. The van der Waals surface area contributed by atoms with Crippen LogP contribution in [-0.4, -0.2) is 96.7 Å². The number of ether oxygens (including phenoxy) is 4. The number of phosphoric acid groups is 2. The monoisotopic (exact) mass is 1280 g/mol. The first-order chi connectivity index (χ1) is 41.7. The zero-order chi connectivity index (χ0) is 64.5. The number of carbonyl (C=O) groups is 4. The van der Waals surface area contributed by atoms with Gasteiger partial charge in [0.2, 0.25) is 0 Å². The van der Waals surface area contributed by atoms with Crippen molar-refractivity contribution in [3.8, 4) is 0 Å². The molecule has 17 nitrogen and oxygen atoms in total. The van der Waals surface area contributed by atoms with Crippen molar-refractivity contribution < 1.29 is 80.2 Å². The van der Waals surface area contributed by atoms with Gasteiger partial charge >= 0.3 is 39.5 Å². The number of carbonyl (C=O) groups excluding carboxylic acids is 4. The van der Waals surface area contributed by atoms with Crippen LogP contribution in [0.1, 0.15) is 337 Å². The van der Waals surface area contributed by atoms with Crippen LogP contribution in [0, 0.1) is 17.8 Å². The average molecular weight is 1280 g/mol. The van der Waals surface area contributed by atoms with E-state index in [0.29, 0.717) is 31.6 Å². The number of hydrogen-bond donors (Lipinski definition) is 3. The van der Waals surface area contributed by atoms with Gasteiger partial charge in [-0.1, -0.05) is 286 Å². The predicted molar refractivity (Wildman–Crippen MR) is 349 cm³/mol. The molecule has 0 aromatic heterocycles. The van der Waals surface area contributed by atoms with Crippen LogP contribution in [0.5, 0.6) is 0 Å². The summed E-state index contributed by atoms with van der Waals surface area (Å²) in [7, 11) is -9.89. The Hall–Kier alpha value is -1.94. The predicted octanol–water partition coefficient (Wildman–Crippen LogP) is 19.1. The van der Waals surface area contributed by atoms with E-state index in [9.17, 15) is 43.2 Å². The Labute approximate surface area is 530 Å². The Morgan fingerprint density at radius 1 is 0.310 bits per heavy atom. The maximum Gasteiger partial charge on any atom is 0.472 e. The van der Waals surface area contributed by atoms with Crippen LogP contribution in [0.2, 0.25) is 0 Å². The number of unbranched alkanes of at least 4 members (excludes halogenated alkanes) is 34. The Morgan fingerprint density at radius 3 is 0.782 bits per heavy atom. The summed E-state index contributed by atoms with van der Waals surface area (Å²) >= 11 is 0. The fraction of sp³-hybridized carbons (Fsp3) is 0.941. The van der Waals surface area contributed by atoms with Crippen molar-refractivity contribution in [1.29, 1.82) is 0 Å². The lowest BCUT2D eigenvalue weighted by molar-refractivity contribution is -0.161. The fourth-order valence-electron chi connectivity index (χ4n) is 10.2. The van der Waals surface area contributed by atoms with Gasteiger partial charge in [-0.05, 0) is 43.4 Å². The second-order valence-electron chi connectivity index (χ2n) is 26.0. The van der Waals surface area contributed by atoms with Crippen molar-refractivity contribution in [3.05, 3.63) is 0 Å². The molecule has 0 fully saturated rings. The Balaban J connectivity index is 5.21. The second kappa shape index (κ2) is 59.1. The minimum Gasteiger partial charge on any atom is -0.462 e. The molecular weight excluding hydrogens is 1150 g/mol. The second-order valence-corrected chi connectivity index (χ2v) is 28.9. The number of aliphatic hydroxyl groups excluding tert-OH is 1. The molecule has 516 valence electrons. The van der Waals surface area contributed by atoms with Crippen molar-refractivity contribution in [3.63, 3.8) is 0 Å². The van der Waals surface area contributed by atoms with Crippen LogP contribution in [0.15, 0.2) is 0 Å². The minimum atomic E-state index is -4.95. The summed E-state index contributed by atoms with van der Waals surface area (Å²) in [6.07, 6.45) is 41.9. The van der Waals surface area contributed by atoms with E-state index < -0.39 is 97.5 Å². The zero-order valence-electron chi connectivity index (χ0n) is 56.5. The highest BCUT2D eigenvalue weighted by molar-refractivity contribution is 7.47. The molecule has 0 saturated heterocycles. The van der Waals surface area contributed by atoms with E-state index in [1.54, 1.807) is 0 Å². The highest BCUT2D eigenvalue weighted by atomic mass is 31.2. The Bertz CT molecular complexity index is 1720. The third-order valence-corrected chi connectivity index (χ3v) is 17.5. The van der Waals surface area contributed by atoms with Gasteiger partial charge in [0.05, 0.1) is 26.4 Å². The van der Waals surface area contributed by atoms with Gasteiger partial charge in [-0.15, -0.1) is 0 Å². The molecule has 0 aliphatic carbocycles. The van der Waals surface area contributed by atoms with Crippen molar-refractivity contribution >= 4 is 39.5 Å². The lowest BCUT2D eigenvalue weighted by atomic mass is 10.0. The van der Waals surface area contributed by atoms with Crippen LogP contribution >= 0.6 is 15.6 Å². The summed E-state index contributed by atoms with van der Waals surface area (Å²) in [4.78, 5) is 72.3. The SMILES string of the molecule is CCCCCCCCCCC(=O)OC[C@H](COP(=O)(O)OC[C@H](O)COP(=O)(O)OC[C@@H](COC(=O)CCCCCCCCCCCCCCC(C)C)OC(=O)CCCCCCCCCCCCCCC(C)C)OC(=O)CCCCCCCCC(C)C. The molecule has 0 aromatic rings. The molecule has 0 radical (unpaired) electrons. The first-order valence-electron chi connectivity index (χ1n) is 35.3. The van der Waals surface area contributed by atoms with Crippen molar-refractivity contribution in [2.75, 3.05) is 39.6 Å². The number of esters is 4. The van der Waals surface area contributed by atoms with Crippen molar-refractivity contribution in [2.45, 2.75) is 356 Å². The van der Waals surface area contributed by atoms with Gasteiger partial charge in [0.25, 0.3) is 0 Å². The summed E-state index contributed by atoms with van der Waals surface area (Å²) in [6.45, 7) is 11.7. The van der Waals surface area contributed by atoms with E-state index >= 15 is 0 Å². The quantitative estimate of drug-likeness (QED) is 0.0222. The molecule has 0 aromatic carbocycles. The third-order valence-electron chi connectivity index (χ3n) is 15.6. The molecule has 19 heteroatoms. The molecule has 0 saturated carbocycles. The van der Waals surface area contributed by atoms with E-state index in [2.05, 4.69) is 48.5 Å². The highest BCUT2D eigenvalue weighted by Gasteiger charge is 2.30. The lowest BCUT2D eigenvalue weighted by Gasteiger charge is -2.21. The van der Waals surface area contributed by atoms with Gasteiger partial charge in [-0.25, -0.2) is 9.13 Å². The van der Waals surface area contributed by atoms with E-state index in [1.807, 2.05) is 0 Å². The summed E-state index contributed by atoms with van der Waals surface area (Å²) in [5.41, 5.74) is 0. The van der Waals surface area contributed by atoms with Crippen molar-refractivity contribution in [2.24, 2.45) is 17.8 Å². The molecule has 0 heterocycles. The maximum atomic E-state index is 13.0. The molecule has 3 N–H and O–H groups in total. The van der Waals surface area contributed by atoms with Crippen LogP contribution in [0.25, 0.3) is 0 Å². The number of aliphatic hydroxyl groups is 1. The summed E-state index contributed by atoms with van der Waals surface area (Å²) in [5.74, 6) is 0.0928. The Morgan fingerprint density at radius 2 is 0.529 bits per heavy atom. The van der Waals surface area contributed by atoms with Crippen LogP contribution in [0.3, 0.4) is 0 Å². The standard InChI is InChI=1S/C68H132O17P2/c1-8-9-10-11-12-27-35-42-49-65(70)78-56-64(85-68(73)52-45-38-31-30-34-41-48-61(6)7)58-83-87(76,77)81-54-62(69)53-80-86(74,75)82-57-63(84-67(72)51-44-37-29-24-20-16-14-18-22-26-33-40-47-60(4)5)55-79-66(71)50-43-36-28-23-19-15-13-17-21-25-32-39-46-59(2)3/h59-64,69H,8-58H2,1-7H3,(H,74,75)(H,76,77)/t62-,63-,64-/m1/s1. The van der Waals surface area contributed by atoms with Gasteiger partial charge in [0.1, 0.15) is 19.3 Å². The first kappa shape index (κ1) is 85.1. The topological polar surface area (TPSA) is 237 Å². The van der Waals surface area contributed by atoms with E-state index in [4.69, 9.17) is 37.0 Å². The van der Waals surface area contributed by atoms with Gasteiger partial charge in [-0.2, -0.15) is 0 Å². The average Bonchev–Trinajstić information content (AvgIpc) is 3.61. The summed E-state index contributed by atoms with van der Waals surface area (Å²) in [5, 5.41) is 10.6. The lowest BCUT2D eigenvalue weighted by Crippen LogP contribution is -2.30. The van der Waals surface area contributed by atoms with E-state index in [1.165, 1.54) is 141 Å².